The summed E-state index contributed by atoms with van der Waals surface area (Å²) in [7, 11) is 3.13. The van der Waals surface area contributed by atoms with Gasteiger partial charge in [0.05, 0.1) is 55.1 Å². The summed E-state index contributed by atoms with van der Waals surface area (Å²) in [5.41, 5.74) is 5.37. The molecule has 260 valence electrons. The lowest BCUT2D eigenvalue weighted by Crippen LogP contribution is -2.49. The van der Waals surface area contributed by atoms with Crippen LogP contribution in [0.15, 0.2) is 64.2 Å². The number of rotatable bonds is 13. The second-order valence-corrected chi connectivity index (χ2v) is 13.0. The number of morpholine rings is 1. The molecule has 2 saturated heterocycles. The third kappa shape index (κ3) is 8.48. The topological polar surface area (TPSA) is 123 Å². The highest BCUT2D eigenvalue weighted by molar-refractivity contribution is 6.39. The van der Waals surface area contributed by atoms with Gasteiger partial charge in [-0.15, -0.1) is 0 Å². The largest absolute Gasteiger partial charge is 0.480 e. The number of halogens is 2. The van der Waals surface area contributed by atoms with Crippen molar-refractivity contribution in [1.29, 1.82) is 0 Å². The van der Waals surface area contributed by atoms with Crippen LogP contribution >= 0.6 is 23.2 Å². The molecule has 2 aromatic carbocycles. The van der Waals surface area contributed by atoms with Crippen molar-refractivity contribution in [3.05, 3.63) is 75.5 Å². The van der Waals surface area contributed by atoms with Crippen molar-refractivity contribution in [3.8, 4) is 28.3 Å². The van der Waals surface area contributed by atoms with Crippen molar-refractivity contribution in [2.45, 2.75) is 58.3 Å². The smallest absolute Gasteiger partial charge is 0.237 e. The van der Waals surface area contributed by atoms with Gasteiger partial charge >= 0.3 is 0 Å². The number of amides is 1. The van der Waals surface area contributed by atoms with Gasteiger partial charge in [-0.05, 0) is 33.9 Å². The van der Waals surface area contributed by atoms with E-state index >= 15 is 0 Å². The van der Waals surface area contributed by atoms with Gasteiger partial charge in [-0.1, -0.05) is 59.6 Å². The summed E-state index contributed by atoms with van der Waals surface area (Å²) < 4.78 is 17.0. The van der Waals surface area contributed by atoms with E-state index in [1.807, 2.05) is 43.3 Å². The number of hydrogen-bond donors (Lipinski definition) is 2. The van der Waals surface area contributed by atoms with Gasteiger partial charge in [-0.3, -0.25) is 19.7 Å². The van der Waals surface area contributed by atoms with Gasteiger partial charge in [-0.25, -0.2) is 9.98 Å². The lowest BCUT2D eigenvalue weighted by Gasteiger charge is -2.38. The van der Waals surface area contributed by atoms with Crippen molar-refractivity contribution >= 4 is 41.5 Å². The van der Waals surface area contributed by atoms with E-state index in [-0.39, 0.29) is 24.0 Å². The number of carbonyl (C=O) groups excluding carboxylic acids is 1. The summed E-state index contributed by atoms with van der Waals surface area (Å²) in [6.07, 6.45) is 3.07. The van der Waals surface area contributed by atoms with E-state index in [0.29, 0.717) is 89.3 Å². The molecular formula is C36H43Cl2N7O4. The van der Waals surface area contributed by atoms with E-state index < -0.39 is 0 Å². The molecule has 0 unspecified atom stereocenters. The molecule has 13 heteroatoms. The highest BCUT2D eigenvalue weighted by atomic mass is 35.5. The quantitative estimate of drug-likeness (QED) is 0.166. The van der Waals surface area contributed by atoms with Crippen LogP contribution in [-0.2, 0) is 20.8 Å². The number of nitrogens with one attached hydrogen (secondary N) is 2. The molecule has 3 heterocycles. The predicted molar refractivity (Wildman–Crippen MR) is 195 cm³/mol. The summed E-state index contributed by atoms with van der Waals surface area (Å²) in [5.74, 6) is 0.833. The van der Waals surface area contributed by atoms with Gasteiger partial charge in [0.25, 0.3) is 0 Å². The first kappa shape index (κ1) is 36.4. The molecule has 11 nitrogen and oxygen atoms in total. The number of nitrogens with zero attached hydrogens (tertiary/aromatic N) is 5. The third-order valence-corrected chi connectivity index (χ3v) is 9.62. The van der Waals surface area contributed by atoms with Crippen molar-refractivity contribution in [2.24, 2.45) is 9.98 Å². The molecule has 0 radical (unpaired) electrons. The first-order chi connectivity index (χ1) is 23.6. The molecule has 2 aliphatic rings. The van der Waals surface area contributed by atoms with E-state index in [1.54, 1.807) is 13.3 Å². The Labute approximate surface area is 297 Å². The van der Waals surface area contributed by atoms with Crippen molar-refractivity contribution in [2.75, 3.05) is 40.5 Å². The normalized spacial score (nSPS) is 20.5. The van der Waals surface area contributed by atoms with Crippen LogP contribution in [0.5, 0.6) is 5.88 Å². The fraction of sp³-hybridized carbons (Fsp3) is 0.417. The lowest BCUT2D eigenvalue weighted by molar-refractivity contribution is -0.119. The molecule has 0 aliphatic carbocycles. The molecule has 2 fully saturated rings. The maximum atomic E-state index is 11.5. The highest BCUT2D eigenvalue weighted by Crippen LogP contribution is 2.40. The van der Waals surface area contributed by atoms with Gasteiger partial charge in [0.2, 0.25) is 17.7 Å². The molecule has 0 spiro atoms. The van der Waals surface area contributed by atoms with Gasteiger partial charge in [-0.2, -0.15) is 0 Å². The van der Waals surface area contributed by atoms with Gasteiger partial charge in [0.15, 0.2) is 0 Å². The zero-order valence-corrected chi connectivity index (χ0v) is 30.1. The molecule has 1 aromatic heterocycles. The fourth-order valence-electron chi connectivity index (χ4n) is 6.11. The number of carbonyl (C=O) groups is 1. The molecule has 1 amide bonds. The molecule has 0 saturated carbocycles. The Balaban J connectivity index is 1.40. The van der Waals surface area contributed by atoms with Gasteiger partial charge < -0.3 is 24.8 Å². The van der Waals surface area contributed by atoms with Crippen LogP contribution < -0.4 is 15.4 Å². The fourth-order valence-corrected chi connectivity index (χ4v) is 6.80. The number of aliphatic imine (C=N–C) groups is 2. The summed E-state index contributed by atoms with van der Waals surface area (Å²) in [5, 5.41) is 7.21. The number of hydrogen-bond acceptors (Lipinski definition) is 10. The van der Waals surface area contributed by atoms with Crippen LogP contribution in [0.25, 0.3) is 22.4 Å². The standard InChI is InChI=1S/C36H43Cl2N7O4/c1-21-19-49-20-22(2)45(21)18-31-36(48-6)44-29(17-41-31)28-12-8-11-27(34(28)38)26-10-7-9-25(33(26)37)23(3)42-35(47-5)30(39-4)16-40-15-24-13-14-32(46)43-24/h7-12,17,21-22,24,40H,4,13-16,18-20H2,1-3,5-6H3,(H,43,46)/b35-30+,42-23?/t21-,22-,24-/m0/s1. The molecule has 2 aliphatic heterocycles. The molecule has 3 aromatic rings. The van der Waals surface area contributed by atoms with E-state index in [9.17, 15) is 4.79 Å². The zero-order valence-electron chi connectivity index (χ0n) is 28.6. The Morgan fingerprint density at radius 1 is 1.10 bits per heavy atom. The SMILES string of the molecule is C=N/C(CNC[C@@H]1CCC(=O)N1)=C(\N=C(C)c1cccc(-c2cccc(-c3cnc(CN4[C@@H](C)COC[C@@H]4C)c(OC)n3)c2Cl)c1Cl)OC. The maximum absolute atomic E-state index is 11.5. The molecule has 2 N–H and O–H groups in total. The van der Waals surface area contributed by atoms with Gasteiger partial charge in [0.1, 0.15) is 11.4 Å². The highest BCUT2D eigenvalue weighted by Gasteiger charge is 2.27. The van der Waals surface area contributed by atoms with Crippen molar-refractivity contribution in [3.63, 3.8) is 0 Å². The van der Waals surface area contributed by atoms with Crippen LogP contribution in [-0.4, -0.2) is 91.9 Å². The summed E-state index contributed by atoms with van der Waals surface area (Å²) >= 11 is 14.1. The lowest BCUT2D eigenvalue weighted by atomic mass is 9.98. The minimum absolute atomic E-state index is 0.0708. The minimum Gasteiger partial charge on any atom is -0.480 e. The summed E-state index contributed by atoms with van der Waals surface area (Å²) in [6, 6.07) is 12.0. The summed E-state index contributed by atoms with van der Waals surface area (Å²) in [4.78, 5) is 32.3. The van der Waals surface area contributed by atoms with Crippen LogP contribution in [0, 0.1) is 0 Å². The number of ether oxygens (including phenoxy) is 3. The molecule has 5 rings (SSSR count). The van der Waals surface area contributed by atoms with Gasteiger partial charge in [0, 0.05) is 66.4 Å². The minimum atomic E-state index is 0.0708. The number of aromatic nitrogens is 2. The first-order valence-electron chi connectivity index (χ1n) is 16.3. The van der Waals surface area contributed by atoms with E-state index in [2.05, 4.69) is 41.1 Å². The number of benzene rings is 2. The van der Waals surface area contributed by atoms with Crippen LogP contribution in [0.4, 0.5) is 0 Å². The Kier molecular flexibility index (Phi) is 12.4. The molecular weight excluding hydrogens is 665 g/mol. The predicted octanol–water partition coefficient (Wildman–Crippen LogP) is 5.93. The monoisotopic (exact) mass is 707 g/mol. The van der Waals surface area contributed by atoms with Crippen molar-refractivity contribution < 1.29 is 19.0 Å². The Morgan fingerprint density at radius 3 is 2.45 bits per heavy atom. The number of methoxy groups -OCH3 is 2. The zero-order chi connectivity index (χ0) is 35.1. The summed E-state index contributed by atoms with van der Waals surface area (Å²) in [6.45, 7) is 12.8. The third-order valence-electron chi connectivity index (χ3n) is 8.81. The second kappa shape index (κ2) is 16.7. The van der Waals surface area contributed by atoms with E-state index in [0.717, 1.165) is 23.2 Å². The van der Waals surface area contributed by atoms with Crippen LogP contribution in [0.1, 0.15) is 44.9 Å². The van der Waals surface area contributed by atoms with E-state index in [4.69, 9.17) is 52.4 Å². The molecule has 0 bridgehead atoms. The molecule has 3 atom stereocenters. The maximum Gasteiger partial charge on any atom is 0.237 e. The average molecular weight is 709 g/mol. The Hall–Kier alpha value is -3.87. The molecule has 49 heavy (non-hydrogen) atoms. The second-order valence-electron chi connectivity index (χ2n) is 12.2. The van der Waals surface area contributed by atoms with Crippen LogP contribution in [0.2, 0.25) is 10.0 Å². The van der Waals surface area contributed by atoms with E-state index in [1.165, 1.54) is 7.11 Å². The Morgan fingerprint density at radius 2 is 1.80 bits per heavy atom. The van der Waals surface area contributed by atoms with Crippen molar-refractivity contribution in [1.82, 2.24) is 25.5 Å². The van der Waals surface area contributed by atoms with Crippen LogP contribution in [0.3, 0.4) is 0 Å². The Bertz CT molecular complexity index is 1740. The average Bonchev–Trinajstić information content (AvgIpc) is 3.52. The first-order valence-corrected chi connectivity index (χ1v) is 17.0.